The number of benzene rings is 1. The van der Waals surface area contributed by atoms with E-state index in [4.69, 9.17) is 11.6 Å². The Morgan fingerprint density at radius 2 is 2.00 bits per heavy atom. The zero-order valence-electron chi connectivity index (χ0n) is 6.72. The van der Waals surface area contributed by atoms with E-state index in [0.29, 0.717) is 0 Å². The van der Waals surface area contributed by atoms with Gasteiger partial charge >= 0.3 is 0 Å². The van der Waals surface area contributed by atoms with Crippen molar-refractivity contribution < 1.29 is 4.39 Å². The smallest absolute Gasteiger partial charge is 0.142 e. The highest BCUT2D eigenvalue weighted by Gasteiger charge is 2.02. The molecule has 1 nitrogen and oxygen atoms in total. The molecule has 2 aromatic rings. The van der Waals surface area contributed by atoms with Crippen LogP contribution in [0.4, 0.5) is 4.39 Å². The largest absolute Gasteiger partial charge is 0.367 e. The van der Waals surface area contributed by atoms with E-state index in [0.717, 1.165) is 11.1 Å². The quantitative estimate of drug-likeness (QED) is 0.717. The van der Waals surface area contributed by atoms with Gasteiger partial charge in [-0.1, -0.05) is 17.7 Å². The van der Waals surface area contributed by atoms with Gasteiger partial charge in [-0.3, -0.25) is 0 Å². The molecule has 1 N–H and O–H groups in total. The summed E-state index contributed by atoms with van der Waals surface area (Å²) in [5.74, 6) is -0.389. The third-order valence-corrected chi connectivity index (χ3v) is 2.16. The van der Waals surface area contributed by atoms with Gasteiger partial charge in [0, 0.05) is 12.4 Å². The molecule has 3 heteroatoms. The third-order valence-electron chi connectivity index (χ3n) is 1.85. The molecular weight excluding hydrogens is 189 g/mol. The lowest BCUT2D eigenvalue weighted by atomic mass is 10.1. The van der Waals surface area contributed by atoms with E-state index in [2.05, 4.69) is 4.98 Å². The minimum Gasteiger partial charge on any atom is -0.367 e. The Morgan fingerprint density at radius 3 is 2.62 bits per heavy atom. The van der Waals surface area contributed by atoms with Gasteiger partial charge in [-0.25, -0.2) is 4.39 Å². The SMILES string of the molecule is Fc1cc(-c2cc[nH]c2)ccc1Cl. The molecule has 0 atom stereocenters. The molecule has 0 unspecified atom stereocenters. The van der Waals surface area contributed by atoms with Crippen LogP contribution >= 0.6 is 11.6 Å². The van der Waals surface area contributed by atoms with Gasteiger partial charge in [0.15, 0.2) is 0 Å². The molecule has 0 aliphatic heterocycles. The van der Waals surface area contributed by atoms with Crippen LogP contribution in [0.15, 0.2) is 36.7 Å². The van der Waals surface area contributed by atoms with Crippen LogP contribution in [0, 0.1) is 5.82 Å². The highest BCUT2D eigenvalue weighted by molar-refractivity contribution is 6.30. The number of aromatic amines is 1. The molecule has 1 heterocycles. The molecule has 13 heavy (non-hydrogen) atoms. The number of aromatic nitrogens is 1. The number of H-pyrrole nitrogens is 1. The molecule has 66 valence electrons. The van der Waals surface area contributed by atoms with E-state index in [9.17, 15) is 4.39 Å². The van der Waals surface area contributed by atoms with Gasteiger partial charge in [-0.15, -0.1) is 0 Å². The Morgan fingerprint density at radius 1 is 1.15 bits per heavy atom. The number of hydrogen-bond acceptors (Lipinski definition) is 0. The maximum Gasteiger partial charge on any atom is 0.142 e. The topological polar surface area (TPSA) is 15.8 Å². The second-order valence-electron chi connectivity index (χ2n) is 2.73. The van der Waals surface area contributed by atoms with Gasteiger partial charge in [0.25, 0.3) is 0 Å². The van der Waals surface area contributed by atoms with Crippen LogP contribution in [0.5, 0.6) is 0 Å². The molecular formula is C10H7ClFN. The van der Waals surface area contributed by atoms with Gasteiger partial charge in [0.2, 0.25) is 0 Å². The molecule has 0 bridgehead atoms. The first-order valence-corrected chi connectivity index (χ1v) is 4.23. The first-order valence-electron chi connectivity index (χ1n) is 3.85. The second-order valence-corrected chi connectivity index (χ2v) is 3.14. The maximum absolute atomic E-state index is 13.0. The summed E-state index contributed by atoms with van der Waals surface area (Å²) in [6.45, 7) is 0. The molecule has 1 aromatic heterocycles. The average Bonchev–Trinajstić information content (AvgIpc) is 2.62. The summed E-state index contributed by atoms with van der Waals surface area (Å²) in [5, 5.41) is 0.152. The Kier molecular flexibility index (Phi) is 2.07. The average molecular weight is 196 g/mol. The van der Waals surface area contributed by atoms with Crippen LogP contribution in [-0.2, 0) is 0 Å². The number of rotatable bonds is 1. The number of hydrogen-bond donors (Lipinski definition) is 1. The molecule has 0 saturated carbocycles. The first-order chi connectivity index (χ1) is 6.27. The molecule has 0 aliphatic carbocycles. The minimum atomic E-state index is -0.389. The van der Waals surface area contributed by atoms with Gasteiger partial charge in [0.1, 0.15) is 5.82 Å². The van der Waals surface area contributed by atoms with Crippen molar-refractivity contribution >= 4 is 11.6 Å². The fourth-order valence-corrected chi connectivity index (χ4v) is 1.30. The zero-order valence-corrected chi connectivity index (χ0v) is 7.48. The molecule has 0 radical (unpaired) electrons. The Labute approximate surface area is 80.2 Å². The summed E-state index contributed by atoms with van der Waals surface area (Å²) in [5.41, 5.74) is 1.78. The van der Waals surface area contributed by atoms with E-state index >= 15 is 0 Å². The highest BCUT2D eigenvalue weighted by atomic mass is 35.5. The lowest BCUT2D eigenvalue weighted by Crippen LogP contribution is -1.79. The van der Waals surface area contributed by atoms with Crippen molar-refractivity contribution in [2.45, 2.75) is 0 Å². The van der Waals surface area contributed by atoms with E-state index in [1.165, 1.54) is 6.07 Å². The van der Waals surface area contributed by atoms with E-state index in [-0.39, 0.29) is 10.8 Å². The van der Waals surface area contributed by atoms with Gasteiger partial charge in [-0.05, 0) is 29.3 Å². The molecule has 0 spiro atoms. The third kappa shape index (κ3) is 1.58. The van der Waals surface area contributed by atoms with E-state index < -0.39 is 0 Å². The van der Waals surface area contributed by atoms with Crippen molar-refractivity contribution in [2.24, 2.45) is 0 Å². The predicted molar refractivity (Wildman–Crippen MR) is 51.2 cm³/mol. The number of nitrogens with one attached hydrogen (secondary N) is 1. The summed E-state index contributed by atoms with van der Waals surface area (Å²) in [6, 6.07) is 6.64. The Balaban J connectivity index is 2.49. The standard InChI is InChI=1S/C10H7ClFN/c11-9-2-1-7(5-10(9)12)8-3-4-13-6-8/h1-6,13H. The minimum absolute atomic E-state index is 0.152. The lowest BCUT2D eigenvalue weighted by Gasteiger charge is -1.98. The zero-order chi connectivity index (χ0) is 9.26. The summed E-state index contributed by atoms with van der Waals surface area (Å²) < 4.78 is 13.0. The summed E-state index contributed by atoms with van der Waals surface area (Å²) >= 11 is 5.56. The first kappa shape index (κ1) is 8.32. The lowest BCUT2D eigenvalue weighted by molar-refractivity contribution is 0.629. The summed E-state index contributed by atoms with van der Waals surface area (Å²) in [4.78, 5) is 2.91. The van der Waals surface area contributed by atoms with Gasteiger partial charge < -0.3 is 4.98 Å². The molecule has 0 aliphatic rings. The van der Waals surface area contributed by atoms with Crippen molar-refractivity contribution in [3.8, 4) is 11.1 Å². The van der Waals surface area contributed by atoms with Gasteiger partial charge in [0.05, 0.1) is 5.02 Å². The number of halogens is 2. The summed E-state index contributed by atoms with van der Waals surface area (Å²) in [6.07, 6.45) is 3.60. The monoisotopic (exact) mass is 195 g/mol. The van der Waals surface area contributed by atoms with E-state index in [1.807, 2.05) is 12.3 Å². The fraction of sp³-hybridized carbons (Fsp3) is 0. The van der Waals surface area contributed by atoms with Crippen LogP contribution < -0.4 is 0 Å². The molecule has 0 fully saturated rings. The fourth-order valence-electron chi connectivity index (χ4n) is 1.18. The normalized spacial score (nSPS) is 10.3. The molecule has 1 aromatic carbocycles. The Hall–Kier alpha value is -1.28. The van der Waals surface area contributed by atoms with Crippen molar-refractivity contribution in [2.75, 3.05) is 0 Å². The maximum atomic E-state index is 13.0. The van der Waals surface area contributed by atoms with E-state index in [1.54, 1.807) is 18.3 Å². The van der Waals surface area contributed by atoms with Crippen LogP contribution in [0.1, 0.15) is 0 Å². The molecule has 0 saturated heterocycles. The van der Waals surface area contributed by atoms with Gasteiger partial charge in [-0.2, -0.15) is 0 Å². The highest BCUT2D eigenvalue weighted by Crippen LogP contribution is 2.23. The van der Waals surface area contributed by atoms with Crippen molar-refractivity contribution in [3.05, 3.63) is 47.5 Å². The summed E-state index contributed by atoms with van der Waals surface area (Å²) in [7, 11) is 0. The van der Waals surface area contributed by atoms with Crippen molar-refractivity contribution in [3.63, 3.8) is 0 Å². The Bertz CT molecular complexity index is 409. The molecule has 0 amide bonds. The second kappa shape index (κ2) is 3.23. The van der Waals surface area contributed by atoms with Crippen molar-refractivity contribution in [1.29, 1.82) is 0 Å². The molecule has 2 rings (SSSR count). The predicted octanol–water partition coefficient (Wildman–Crippen LogP) is 3.47. The van der Waals surface area contributed by atoms with Crippen LogP contribution in [0.2, 0.25) is 5.02 Å². The van der Waals surface area contributed by atoms with Crippen LogP contribution in [-0.4, -0.2) is 4.98 Å². The van der Waals surface area contributed by atoms with Crippen molar-refractivity contribution in [1.82, 2.24) is 4.98 Å². The van der Waals surface area contributed by atoms with Crippen LogP contribution in [0.3, 0.4) is 0 Å². The van der Waals surface area contributed by atoms with Crippen LogP contribution in [0.25, 0.3) is 11.1 Å².